The number of nitrogens with one attached hydrogen (secondary N) is 1. The third kappa shape index (κ3) is 6.76. The molecule has 1 aliphatic carbocycles. The summed E-state index contributed by atoms with van der Waals surface area (Å²) in [4.78, 5) is 15.6. The van der Waals surface area contributed by atoms with E-state index in [1.165, 1.54) is 36.1 Å². The average molecular weight is 547 g/mol. The predicted molar refractivity (Wildman–Crippen MR) is 155 cm³/mol. The van der Waals surface area contributed by atoms with Crippen LogP contribution in [0.4, 0.5) is 4.39 Å². The molecule has 6 nitrogen and oxygen atoms in total. The Morgan fingerprint density at radius 3 is 2.12 bits per heavy atom. The van der Waals surface area contributed by atoms with Crippen LogP contribution in [0, 0.1) is 5.82 Å². The number of nitrogens with zero attached hydrogens (tertiary/aromatic N) is 1. The molecule has 1 N–H and O–H groups in total. The number of carbonyl (C=O) groups is 1. The quantitative estimate of drug-likeness (QED) is 0.295. The van der Waals surface area contributed by atoms with E-state index in [0.717, 1.165) is 55.1 Å². The number of benzene rings is 3. The molecule has 212 valence electrons. The molecule has 0 radical (unpaired) electrons. The van der Waals surface area contributed by atoms with Gasteiger partial charge in [0, 0.05) is 36.8 Å². The lowest BCUT2D eigenvalue weighted by atomic mass is 10.00. The van der Waals surface area contributed by atoms with Crippen molar-refractivity contribution >= 4 is 5.91 Å². The van der Waals surface area contributed by atoms with Gasteiger partial charge in [-0.15, -0.1) is 0 Å². The molecule has 0 unspecified atom stereocenters. The minimum absolute atomic E-state index is 0.0967. The highest BCUT2D eigenvalue weighted by Crippen LogP contribution is 2.49. The van der Waals surface area contributed by atoms with Crippen LogP contribution >= 0.6 is 0 Å². The van der Waals surface area contributed by atoms with E-state index in [1.807, 2.05) is 26.0 Å². The number of piperidine rings is 1. The number of hydrogen-bond donors (Lipinski definition) is 1. The highest BCUT2D eigenvalue weighted by molar-refractivity contribution is 5.96. The predicted octanol–water partition coefficient (Wildman–Crippen LogP) is 6.57. The summed E-state index contributed by atoms with van der Waals surface area (Å²) in [7, 11) is 1.58. The average Bonchev–Trinajstić information content (AvgIpc) is 3.80. The first-order chi connectivity index (χ1) is 19.5. The van der Waals surface area contributed by atoms with Gasteiger partial charge in [0.05, 0.1) is 20.3 Å². The monoisotopic (exact) mass is 546 g/mol. The van der Waals surface area contributed by atoms with Crippen molar-refractivity contribution < 1.29 is 23.4 Å². The van der Waals surface area contributed by atoms with Gasteiger partial charge in [0.2, 0.25) is 0 Å². The standard InChI is InChI=1S/C33H39FN2O4/c1-4-39-30-16-22(17-31(40-5-2)32(30)24-6-7-24)21-36-14-12-28(13-15-36)35-33(37)26-18-25(19-29(20-26)38-3)23-8-10-27(34)11-9-23/h8-11,16-20,24,28H,4-7,12-15,21H2,1-3H3,(H,35,37). The molecule has 7 heteroatoms. The van der Waals surface area contributed by atoms with Gasteiger partial charge in [-0.2, -0.15) is 0 Å². The van der Waals surface area contributed by atoms with E-state index >= 15 is 0 Å². The molecule has 0 aromatic heterocycles. The molecular formula is C33H39FN2O4. The van der Waals surface area contributed by atoms with Crippen molar-refractivity contribution in [3.8, 4) is 28.4 Å². The van der Waals surface area contributed by atoms with Crippen LogP contribution in [0.5, 0.6) is 17.2 Å². The highest BCUT2D eigenvalue weighted by atomic mass is 19.1. The summed E-state index contributed by atoms with van der Waals surface area (Å²) < 4.78 is 30.9. The van der Waals surface area contributed by atoms with Gasteiger partial charge in [0.25, 0.3) is 5.91 Å². The summed E-state index contributed by atoms with van der Waals surface area (Å²) in [5, 5.41) is 3.22. The smallest absolute Gasteiger partial charge is 0.251 e. The number of rotatable bonds is 11. The molecule has 5 rings (SSSR count). The Kier molecular flexibility index (Phi) is 8.90. The van der Waals surface area contributed by atoms with Crippen molar-refractivity contribution in [1.29, 1.82) is 0 Å². The SMILES string of the molecule is CCOc1cc(CN2CCC(NC(=O)c3cc(OC)cc(-c4ccc(F)cc4)c3)CC2)cc(OCC)c1C1CC1. The van der Waals surface area contributed by atoms with E-state index in [-0.39, 0.29) is 17.8 Å². The zero-order valence-corrected chi connectivity index (χ0v) is 23.7. The van der Waals surface area contributed by atoms with Crippen LogP contribution in [0.2, 0.25) is 0 Å². The summed E-state index contributed by atoms with van der Waals surface area (Å²) in [6.07, 6.45) is 4.14. The lowest BCUT2D eigenvalue weighted by Gasteiger charge is -2.32. The summed E-state index contributed by atoms with van der Waals surface area (Å²) >= 11 is 0. The molecule has 1 amide bonds. The number of likely N-dealkylation sites (tertiary alicyclic amines) is 1. The van der Waals surface area contributed by atoms with Gasteiger partial charge < -0.3 is 19.5 Å². The normalized spacial score (nSPS) is 16.0. The Morgan fingerprint density at radius 1 is 0.900 bits per heavy atom. The van der Waals surface area contributed by atoms with Crippen molar-refractivity contribution in [1.82, 2.24) is 10.2 Å². The van der Waals surface area contributed by atoms with Crippen LogP contribution in [-0.4, -0.2) is 50.3 Å². The van der Waals surface area contributed by atoms with Crippen LogP contribution in [0.25, 0.3) is 11.1 Å². The molecule has 3 aromatic rings. The number of methoxy groups -OCH3 is 1. The number of ether oxygens (including phenoxy) is 3. The molecule has 1 saturated heterocycles. The van der Waals surface area contributed by atoms with Gasteiger partial charge in [0.15, 0.2) is 0 Å². The lowest BCUT2D eigenvalue weighted by Crippen LogP contribution is -2.44. The van der Waals surface area contributed by atoms with E-state index in [1.54, 1.807) is 25.3 Å². The van der Waals surface area contributed by atoms with Crippen LogP contribution < -0.4 is 19.5 Å². The van der Waals surface area contributed by atoms with Crippen molar-refractivity contribution in [3.63, 3.8) is 0 Å². The molecule has 1 aliphatic heterocycles. The van der Waals surface area contributed by atoms with E-state index in [9.17, 15) is 9.18 Å². The summed E-state index contributed by atoms with van der Waals surface area (Å²) in [5.74, 6) is 2.65. The largest absolute Gasteiger partial charge is 0.497 e. The van der Waals surface area contributed by atoms with Gasteiger partial charge in [-0.3, -0.25) is 9.69 Å². The Labute approximate surface area is 236 Å². The fourth-order valence-electron chi connectivity index (χ4n) is 5.49. The lowest BCUT2D eigenvalue weighted by molar-refractivity contribution is 0.0908. The van der Waals surface area contributed by atoms with Crippen molar-refractivity contribution in [2.75, 3.05) is 33.4 Å². The van der Waals surface area contributed by atoms with Crippen LogP contribution in [0.15, 0.2) is 54.6 Å². The second kappa shape index (κ2) is 12.7. The van der Waals surface area contributed by atoms with Crippen molar-refractivity contribution in [3.05, 3.63) is 77.1 Å². The minimum atomic E-state index is -0.296. The molecule has 0 spiro atoms. The molecule has 1 heterocycles. The third-order valence-corrected chi connectivity index (χ3v) is 7.66. The third-order valence-electron chi connectivity index (χ3n) is 7.66. The van der Waals surface area contributed by atoms with E-state index < -0.39 is 0 Å². The summed E-state index contributed by atoms with van der Waals surface area (Å²) in [6.45, 7) is 7.93. The van der Waals surface area contributed by atoms with Crippen molar-refractivity contribution in [2.24, 2.45) is 0 Å². The summed E-state index contributed by atoms with van der Waals surface area (Å²) in [6, 6.07) is 16.1. The molecule has 2 aliphatic rings. The zero-order chi connectivity index (χ0) is 28.1. The van der Waals surface area contributed by atoms with Gasteiger partial charge in [-0.1, -0.05) is 12.1 Å². The number of amides is 1. The Morgan fingerprint density at radius 2 is 1.55 bits per heavy atom. The molecule has 1 saturated carbocycles. The van der Waals surface area contributed by atoms with Crippen LogP contribution in [-0.2, 0) is 6.54 Å². The molecule has 3 aromatic carbocycles. The maximum atomic E-state index is 13.4. The number of hydrogen-bond acceptors (Lipinski definition) is 5. The maximum Gasteiger partial charge on any atom is 0.251 e. The van der Waals surface area contributed by atoms with Crippen LogP contribution in [0.1, 0.15) is 66.9 Å². The first kappa shape index (κ1) is 28.0. The first-order valence-electron chi connectivity index (χ1n) is 14.4. The molecule has 0 atom stereocenters. The van der Waals surface area contributed by atoms with E-state index in [0.29, 0.717) is 30.4 Å². The molecular weight excluding hydrogens is 507 g/mol. The van der Waals surface area contributed by atoms with Gasteiger partial charge in [-0.05, 0) is 105 Å². The Bertz CT molecular complexity index is 1290. The first-order valence-corrected chi connectivity index (χ1v) is 14.4. The van der Waals surface area contributed by atoms with E-state index in [4.69, 9.17) is 14.2 Å². The highest BCUT2D eigenvalue weighted by Gasteiger charge is 2.31. The van der Waals surface area contributed by atoms with Gasteiger partial charge >= 0.3 is 0 Å². The fraction of sp³-hybridized carbons (Fsp3) is 0.424. The van der Waals surface area contributed by atoms with Crippen LogP contribution in [0.3, 0.4) is 0 Å². The van der Waals surface area contributed by atoms with Gasteiger partial charge in [-0.25, -0.2) is 4.39 Å². The molecule has 40 heavy (non-hydrogen) atoms. The maximum absolute atomic E-state index is 13.4. The number of carbonyl (C=O) groups excluding carboxylic acids is 1. The Balaban J connectivity index is 1.21. The number of halogens is 1. The fourth-order valence-corrected chi connectivity index (χ4v) is 5.49. The Hall–Kier alpha value is -3.58. The molecule has 0 bridgehead atoms. The summed E-state index contributed by atoms with van der Waals surface area (Å²) in [5.41, 5.74) is 4.60. The zero-order valence-electron chi connectivity index (χ0n) is 23.7. The second-order valence-corrected chi connectivity index (χ2v) is 10.6. The second-order valence-electron chi connectivity index (χ2n) is 10.6. The van der Waals surface area contributed by atoms with Gasteiger partial charge in [0.1, 0.15) is 23.1 Å². The van der Waals surface area contributed by atoms with Crippen molar-refractivity contribution in [2.45, 2.75) is 58.0 Å². The topological polar surface area (TPSA) is 60.0 Å². The minimum Gasteiger partial charge on any atom is -0.497 e. The van der Waals surface area contributed by atoms with E-state index in [2.05, 4.69) is 22.3 Å². The molecule has 2 fully saturated rings.